The summed E-state index contributed by atoms with van der Waals surface area (Å²) in [5, 5.41) is 2.23. The summed E-state index contributed by atoms with van der Waals surface area (Å²) >= 11 is 0. The predicted octanol–water partition coefficient (Wildman–Crippen LogP) is 4.52. The van der Waals surface area contributed by atoms with E-state index in [1.54, 1.807) is 42.5 Å². The lowest BCUT2D eigenvalue weighted by atomic mass is 10.1. The Labute approximate surface area is 209 Å². The van der Waals surface area contributed by atoms with Gasteiger partial charge in [-0.05, 0) is 61.9 Å². The van der Waals surface area contributed by atoms with E-state index in [0.29, 0.717) is 42.6 Å². The number of carbonyl (C=O) groups is 3. The molecule has 1 fully saturated rings. The molecular formula is C28H26N2O6. The van der Waals surface area contributed by atoms with Crippen LogP contribution in [0.25, 0.3) is 6.08 Å². The molecule has 1 aliphatic rings. The van der Waals surface area contributed by atoms with Gasteiger partial charge in [0.25, 0.3) is 11.8 Å². The number of urea groups is 1. The fourth-order valence-corrected chi connectivity index (χ4v) is 3.58. The van der Waals surface area contributed by atoms with Gasteiger partial charge in [0, 0.05) is 0 Å². The van der Waals surface area contributed by atoms with E-state index in [4.69, 9.17) is 14.2 Å². The van der Waals surface area contributed by atoms with Crippen LogP contribution in [0.5, 0.6) is 17.2 Å². The molecule has 3 aromatic rings. The highest BCUT2D eigenvalue weighted by Crippen LogP contribution is 2.30. The minimum absolute atomic E-state index is 0.164. The second-order valence-corrected chi connectivity index (χ2v) is 7.94. The van der Waals surface area contributed by atoms with E-state index in [1.807, 2.05) is 44.2 Å². The van der Waals surface area contributed by atoms with Gasteiger partial charge in [-0.1, -0.05) is 42.0 Å². The Morgan fingerprint density at radius 3 is 2.28 bits per heavy atom. The number of aryl methyl sites for hydroxylation is 1. The van der Waals surface area contributed by atoms with Crippen LogP contribution in [0.3, 0.4) is 0 Å². The number of hydrogen-bond acceptors (Lipinski definition) is 6. The summed E-state index contributed by atoms with van der Waals surface area (Å²) < 4.78 is 17.2. The first kappa shape index (κ1) is 24.5. The molecule has 36 heavy (non-hydrogen) atoms. The molecule has 4 amide bonds. The summed E-state index contributed by atoms with van der Waals surface area (Å²) in [7, 11) is 0. The van der Waals surface area contributed by atoms with E-state index >= 15 is 0 Å². The number of para-hydroxylation sites is 1. The van der Waals surface area contributed by atoms with Gasteiger partial charge >= 0.3 is 6.03 Å². The SMILES string of the molecule is CCOc1cc(/C=C2\C(=O)NC(=O)N(c3ccc(C)cc3)C2=O)ccc1OCCOc1ccccc1. The van der Waals surface area contributed by atoms with Gasteiger partial charge in [0.1, 0.15) is 24.5 Å². The summed E-state index contributed by atoms with van der Waals surface area (Å²) in [6, 6.07) is 20.6. The highest BCUT2D eigenvalue weighted by molar-refractivity contribution is 6.39. The standard InChI is InChI=1S/C28H26N2O6/c1-3-34-25-18-20(11-14-24(25)36-16-15-35-22-7-5-4-6-8-22)17-23-26(31)29-28(33)30(27(23)32)21-12-9-19(2)10-13-21/h4-14,17-18H,3,15-16H2,1-2H3,(H,29,31,33)/b23-17+. The first-order valence-corrected chi connectivity index (χ1v) is 11.5. The number of carbonyl (C=O) groups excluding carboxylic acids is 3. The summed E-state index contributed by atoms with van der Waals surface area (Å²) in [5.74, 6) is 0.253. The molecule has 1 N–H and O–H groups in total. The van der Waals surface area contributed by atoms with E-state index in [9.17, 15) is 14.4 Å². The number of nitrogens with zero attached hydrogens (tertiary/aromatic N) is 1. The first-order chi connectivity index (χ1) is 17.5. The van der Waals surface area contributed by atoms with Crippen molar-refractivity contribution >= 4 is 29.6 Å². The van der Waals surface area contributed by atoms with E-state index in [-0.39, 0.29) is 5.57 Å². The first-order valence-electron chi connectivity index (χ1n) is 11.5. The average Bonchev–Trinajstić information content (AvgIpc) is 2.87. The zero-order valence-electron chi connectivity index (χ0n) is 20.0. The number of anilines is 1. The van der Waals surface area contributed by atoms with Crippen LogP contribution in [-0.2, 0) is 9.59 Å². The number of barbiturate groups is 1. The lowest BCUT2D eigenvalue weighted by molar-refractivity contribution is -0.122. The van der Waals surface area contributed by atoms with Crippen LogP contribution >= 0.6 is 0 Å². The lowest BCUT2D eigenvalue weighted by Gasteiger charge is -2.26. The van der Waals surface area contributed by atoms with Crippen LogP contribution in [-0.4, -0.2) is 37.7 Å². The fourth-order valence-electron chi connectivity index (χ4n) is 3.58. The minimum Gasteiger partial charge on any atom is -0.490 e. The molecule has 1 heterocycles. The van der Waals surface area contributed by atoms with Gasteiger partial charge in [0.15, 0.2) is 11.5 Å². The van der Waals surface area contributed by atoms with Crippen LogP contribution in [0.15, 0.2) is 78.4 Å². The van der Waals surface area contributed by atoms with E-state index in [1.165, 1.54) is 6.08 Å². The molecule has 184 valence electrons. The van der Waals surface area contributed by atoms with Gasteiger partial charge < -0.3 is 14.2 Å². The second-order valence-electron chi connectivity index (χ2n) is 7.94. The van der Waals surface area contributed by atoms with Crippen molar-refractivity contribution in [2.75, 3.05) is 24.7 Å². The number of imide groups is 2. The van der Waals surface area contributed by atoms with Crippen molar-refractivity contribution in [2.24, 2.45) is 0 Å². The third-order valence-corrected chi connectivity index (χ3v) is 5.33. The number of amides is 4. The molecule has 0 spiro atoms. The maximum absolute atomic E-state index is 13.1. The molecule has 1 saturated heterocycles. The van der Waals surface area contributed by atoms with E-state index in [0.717, 1.165) is 16.2 Å². The molecule has 1 aliphatic heterocycles. The largest absolute Gasteiger partial charge is 0.490 e. The predicted molar refractivity (Wildman–Crippen MR) is 135 cm³/mol. The highest BCUT2D eigenvalue weighted by Gasteiger charge is 2.36. The zero-order valence-corrected chi connectivity index (χ0v) is 20.0. The van der Waals surface area contributed by atoms with Gasteiger partial charge in [-0.3, -0.25) is 14.9 Å². The maximum atomic E-state index is 13.1. The molecule has 0 radical (unpaired) electrons. The molecule has 0 aromatic heterocycles. The van der Waals surface area contributed by atoms with Crippen molar-refractivity contribution in [1.82, 2.24) is 5.32 Å². The van der Waals surface area contributed by atoms with Crippen LogP contribution in [0.1, 0.15) is 18.1 Å². The van der Waals surface area contributed by atoms with Crippen LogP contribution in [0, 0.1) is 6.92 Å². The smallest absolute Gasteiger partial charge is 0.335 e. The van der Waals surface area contributed by atoms with Crippen molar-refractivity contribution in [3.8, 4) is 17.2 Å². The third kappa shape index (κ3) is 5.72. The topological polar surface area (TPSA) is 94.2 Å². The fraction of sp³-hybridized carbons (Fsp3) is 0.179. The number of benzene rings is 3. The Morgan fingerprint density at radius 1 is 0.833 bits per heavy atom. The van der Waals surface area contributed by atoms with E-state index in [2.05, 4.69) is 5.32 Å². The van der Waals surface area contributed by atoms with Crippen LogP contribution in [0.2, 0.25) is 0 Å². The second kappa shape index (κ2) is 11.2. The van der Waals surface area contributed by atoms with Gasteiger partial charge in [-0.2, -0.15) is 0 Å². The molecular weight excluding hydrogens is 460 g/mol. The normalized spacial score (nSPS) is 14.6. The molecule has 0 aliphatic carbocycles. The van der Waals surface area contributed by atoms with Crippen molar-refractivity contribution in [2.45, 2.75) is 13.8 Å². The molecule has 4 rings (SSSR count). The van der Waals surface area contributed by atoms with Crippen molar-refractivity contribution < 1.29 is 28.6 Å². The Balaban J connectivity index is 1.51. The average molecular weight is 487 g/mol. The molecule has 0 bridgehead atoms. The number of hydrogen-bond donors (Lipinski definition) is 1. The Hall–Kier alpha value is -4.59. The van der Waals surface area contributed by atoms with Gasteiger partial charge in [0.05, 0.1) is 12.3 Å². The quantitative estimate of drug-likeness (QED) is 0.272. The van der Waals surface area contributed by atoms with E-state index < -0.39 is 17.8 Å². The molecule has 0 atom stereocenters. The molecule has 0 unspecified atom stereocenters. The van der Waals surface area contributed by atoms with Gasteiger partial charge in [-0.25, -0.2) is 9.69 Å². The van der Waals surface area contributed by atoms with Crippen LogP contribution < -0.4 is 24.4 Å². The maximum Gasteiger partial charge on any atom is 0.335 e. The summed E-state index contributed by atoms with van der Waals surface area (Å²) in [5.41, 5.74) is 1.73. The van der Waals surface area contributed by atoms with Crippen molar-refractivity contribution in [1.29, 1.82) is 0 Å². The summed E-state index contributed by atoms with van der Waals surface area (Å²) in [4.78, 5) is 39.0. The number of rotatable bonds is 9. The monoisotopic (exact) mass is 486 g/mol. The Kier molecular flexibility index (Phi) is 7.65. The molecule has 3 aromatic carbocycles. The summed E-state index contributed by atoms with van der Waals surface area (Å²) in [6.07, 6.45) is 1.43. The minimum atomic E-state index is -0.789. The Morgan fingerprint density at radius 2 is 1.56 bits per heavy atom. The zero-order chi connectivity index (χ0) is 25.5. The molecule has 0 saturated carbocycles. The summed E-state index contributed by atoms with van der Waals surface area (Å²) in [6.45, 7) is 4.78. The van der Waals surface area contributed by atoms with Crippen molar-refractivity contribution in [3.63, 3.8) is 0 Å². The van der Waals surface area contributed by atoms with Gasteiger partial charge in [-0.15, -0.1) is 0 Å². The lowest BCUT2D eigenvalue weighted by Crippen LogP contribution is -2.54. The Bertz CT molecular complexity index is 1290. The third-order valence-electron chi connectivity index (χ3n) is 5.33. The van der Waals surface area contributed by atoms with Crippen LogP contribution in [0.4, 0.5) is 10.5 Å². The molecule has 8 nitrogen and oxygen atoms in total. The number of nitrogens with one attached hydrogen (secondary N) is 1. The molecule has 8 heteroatoms. The van der Waals surface area contributed by atoms with Gasteiger partial charge in [0.2, 0.25) is 0 Å². The van der Waals surface area contributed by atoms with Crippen molar-refractivity contribution in [3.05, 3.63) is 89.5 Å². The highest BCUT2D eigenvalue weighted by atomic mass is 16.5. The number of ether oxygens (including phenoxy) is 3.